The van der Waals surface area contributed by atoms with Crippen molar-refractivity contribution in [3.05, 3.63) is 0 Å². The average Bonchev–Trinajstić information content (AvgIpc) is 1.98. The van der Waals surface area contributed by atoms with Gasteiger partial charge in [0.15, 0.2) is 0 Å². The molecule has 13 heavy (non-hydrogen) atoms. The summed E-state index contributed by atoms with van der Waals surface area (Å²) in [6.45, 7) is 9.56. The van der Waals surface area contributed by atoms with Crippen molar-refractivity contribution in [2.24, 2.45) is 0 Å². The molecule has 0 spiro atoms. The standard InChI is InChI=1S/C9H23NO2Si/c1-11-7-6-10(8-12-2)9-13(3,4)5/h6-9H2,1-5H3. The van der Waals surface area contributed by atoms with E-state index in [1.165, 1.54) is 6.17 Å². The zero-order valence-corrected chi connectivity index (χ0v) is 10.6. The van der Waals surface area contributed by atoms with Crippen molar-refractivity contribution in [2.75, 3.05) is 40.3 Å². The Bertz CT molecular complexity index is 125. The summed E-state index contributed by atoms with van der Waals surface area (Å²) in [5, 5.41) is 0. The molecule has 0 aromatic rings. The summed E-state index contributed by atoms with van der Waals surface area (Å²) in [6.07, 6.45) is 1.17. The minimum absolute atomic E-state index is 0.716. The molecule has 0 rings (SSSR count). The van der Waals surface area contributed by atoms with Gasteiger partial charge in [0.1, 0.15) is 0 Å². The third-order valence-electron chi connectivity index (χ3n) is 1.62. The molecule has 0 radical (unpaired) electrons. The number of rotatable bonds is 7. The molecule has 80 valence electrons. The van der Waals surface area contributed by atoms with Crippen LogP contribution >= 0.6 is 0 Å². The Morgan fingerprint density at radius 1 is 1.08 bits per heavy atom. The van der Waals surface area contributed by atoms with E-state index in [9.17, 15) is 0 Å². The van der Waals surface area contributed by atoms with Crippen LogP contribution in [0.4, 0.5) is 0 Å². The molecule has 0 aliphatic carbocycles. The second-order valence-electron chi connectivity index (χ2n) is 4.52. The van der Waals surface area contributed by atoms with E-state index in [-0.39, 0.29) is 0 Å². The third kappa shape index (κ3) is 8.43. The minimum Gasteiger partial charge on any atom is -0.383 e. The molecule has 0 atom stereocenters. The second-order valence-corrected chi connectivity index (χ2v) is 9.96. The third-order valence-corrected chi connectivity index (χ3v) is 3.02. The number of hydrogen-bond acceptors (Lipinski definition) is 3. The monoisotopic (exact) mass is 205 g/mol. The van der Waals surface area contributed by atoms with Crippen LogP contribution in [-0.2, 0) is 9.47 Å². The molecule has 0 saturated heterocycles. The average molecular weight is 205 g/mol. The van der Waals surface area contributed by atoms with E-state index in [0.717, 1.165) is 13.2 Å². The highest BCUT2D eigenvalue weighted by Gasteiger charge is 2.17. The molecule has 0 bridgehead atoms. The van der Waals surface area contributed by atoms with E-state index in [1.54, 1.807) is 14.2 Å². The molecule has 0 aliphatic heterocycles. The molecule has 0 fully saturated rings. The SMILES string of the molecule is COCCN(COC)C[Si](C)(C)C. The molecule has 4 heteroatoms. The normalized spacial score (nSPS) is 12.5. The molecule has 0 amide bonds. The van der Waals surface area contributed by atoms with Gasteiger partial charge in [0.25, 0.3) is 0 Å². The molecule has 0 aromatic carbocycles. The van der Waals surface area contributed by atoms with Crippen molar-refractivity contribution in [1.29, 1.82) is 0 Å². The molecule has 0 aromatic heterocycles. The number of hydrogen-bond donors (Lipinski definition) is 0. The first kappa shape index (κ1) is 13.1. The molecule has 3 nitrogen and oxygen atoms in total. The van der Waals surface area contributed by atoms with E-state index in [1.807, 2.05) is 0 Å². The lowest BCUT2D eigenvalue weighted by Gasteiger charge is -2.27. The maximum Gasteiger partial charge on any atom is 0.0984 e. The lowest BCUT2D eigenvalue weighted by Crippen LogP contribution is -2.42. The predicted octanol–water partition coefficient (Wildman–Crippen LogP) is 1.42. The van der Waals surface area contributed by atoms with Crippen LogP contribution in [0.15, 0.2) is 0 Å². The van der Waals surface area contributed by atoms with E-state index in [4.69, 9.17) is 9.47 Å². The Morgan fingerprint density at radius 3 is 2.08 bits per heavy atom. The van der Waals surface area contributed by atoms with Crippen LogP contribution in [0.2, 0.25) is 19.6 Å². The largest absolute Gasteiger partial charge is 0.383 e. The van der Waals surface area contributed by atoms with Crippen LogP contribution in [0.25, 0.3) is 0 Å². The van der Waals surface area contributed by atoms with Gasteiger partial charge in [-0.15, -0.1) is 0 Å². The van der Waals surface area contributed by atoms with Crippen LogP contribution in [0.3, 0.4) is 0 Å². The molecule has 0 N–H and O–H groups in total. The Hall–Kier alpha value is 0.0969. The lowest BCUT2D eigenvalue weighted by atomic mass is 10.6. The summed E-state index contributed by atoms with van der Waals surface area (Å²) < 4.78 is 10.2. The van der Waals surface area contributed by atoms with Crippen molar-refractivity contribution in [3.8, 4) is 0 Å². The van der Waals surface area contributed by atoms with E-state index >= 15 is 0 Å². The Morgan fingerprint density at radius 2 is 1.69 bits per heavy atom. The van der Waals surface area contributed by atoms with E-state index in [2.05, 4.69) is 24.5 Å². The quantitative estimate of drug-likeness (QED) is 0.463. The highest BCUT2D eigenvalue weighted by atomic mass is 28.3. The van der Waals surface area contributed by atoms with E-state index in [0.29, 0.717) is 6.73 Å². The van der Waals surface area contributed by atoms with Gasteiger partial charge in [-0.05, 0) is 6.17 Å². The van der Waals surface area contributed by atoms with E-state index < -0.39 is 8.07 Å². The number of nitrogens with zero attached hydrogens (tertiary/aromatic N) is 1. The van der Waals surface area contributed by atoms with Crippen LogP contribution < -0.4 is 0 Å². The molecule has 0 saturated carbocycles. The summed E-state index contributed by atoms with van der Waals surface area (Å²) >= 11 is 0. The minimum atomic E-state index is -1.02. The summed E-state index contributed by atoms with van der Waals surface area (Å²) in [5.74, 6) is 0. The van der Waals surface area contributed by atoms with Crippen molar-refractivity contribution in [3.63, 3.8) is 0 Å². The van der Waals surface area contributed by atoms with Crippen LogP contribution in [-0.4, -0.2) is 53.2 Å². The fraction of sp³-hybridized carbons (Fsp3) is 1.00. The fourth-order valence-corrected chi connectivity index (χ4v) is 2.85. The Balaban J connectivity index is 3.79. The Labute approximate surface area is 83.0 Å². The summed E-state index contributed by atoms with van der Waals surface area (Å²) in [4.78, 5) is 2.32. The molecular weight excluding hydrogens is 182 g/mol. The topological polar surface area (TPSA) is 21.7 Å². The molecule has 0 unspecified atom stereocenters. The molecule has 0 heterocycles. The number of methoxy groups -OCH3 is 2. The molecule has 0 aliphatic rings. The maximum absolute atomic E-state index is 5.14. The highest BCUT2D eigenvalue weighted by molar-refractivity contribution is 6.76. The van der Waals surface area contributed by atoms with Crippen molar-refractivity contribution >= 4 is 8.07 Å². The fourth-order valence-electron chi connectivity index (χ4n) is 1.26. The van der Waals surface area contributed by atoms with Crippen molar-refractivity contribution < 1.29 is 9.47 Å². The zero-order chi connectivity index (χ0) is 10.3. The van der Waals surface area contributed by atoms with Crippen LogP contribution in [0.5, 0.6) is 0 Å². The van der Waals surface area contributed by atoms with Crippen molar-refractivity contribution in [2.45, 2.75) is 19.6 Å². The first-order chi connectivity index (χ1) is 5.99. The van der Waals surface area contributed by atoms with Crippen molar-refractivity contribution in [1.82, 2.24) is 4.90 Å². The van der Waals surface area contributed by atoms with Gasteiger partial charge in [-0.3, -0.25) is 4.90 Å². The van der Waals surface area contributed by atoms with Gasteiger partial charge < -0.3 is 9.47 Å². The summed E-state index contributed by atoms with van der Waals surface area (Å²) in [6, 6.07) is 0. The van der Waals surface area contributed by atoms with Gasteiger partial charge in [0.2, 0.25) is 0 Å². The lowest BCUT2D eigenvalue weighted by molar-refractivity contribution is 0.0545. The smallest absolute Gasteiger partial charge is 0.0984 e. The summed E-state index contributed by atoms with van der Waals surface area (Å²) in [5.41, 5.74) is 0. The predicted molar refractivity (Wildman–Crippen MR) is 58.7 cm³/mol. The zero-order valence-electron chi connectivity index (χ0n) is 9.59. The summed E-state index contributed by atoms with van der Waals surface area (Å²) in [7, 11) is 2.46. The van der Waals surface area contributed by atoms with Gasteiger partial charge in [0, 0.05) is 20.8 Å². The molecular formula is C9H23NO2Si. The van der Waals surface area contributed by atoms with Gasteiger partial charge in [-0.1, -0.05) is 19.6 Å². The van der Waals surface area contributed by atoms with Gasteiger partial charge in [-0.25, -0.2) is 0 Å². The highest BCUT2D eigenvalue weighted by Crippen LogP contribution is 2.03. The van der Waals surface area contributed by atoms with Gasteiger partial charge in [0.05, 0.1) is 21.4 Å². The Kier molecular flexibility index (Phi) is 6.58. The first-order valence-corrected chi connectivity index (χ1v) is 8.40. The van der Waals surface area contributed by atoms with Crippen LogP contribution in [0, 0.1) is 0 Å². The maximum atomic E-state index is 5.14. The number of ether oxygens (including phenoxy) is 2. The van der Waals surface area contributed by atoms with Crippen LogP contribution in [0.1, 0.15) is 0 Å². The first-order valence-electron chi connectivity index (χ1n) is 4.70. The van der Waals surface area contributed by atoms with Gasteiger partial charge >= 0.3 is 0 Å². The van der Waals surface area contributed by atoms with Gasteiger partial charge in [-0.2, -0.15) is 0 Å². The second kappa shape index (κ2) is 6.54.